The van der Waals surface area contributed by atoms with Gasteiger partial charge in [-0.25, -0.2) is 4.98 Å². The van der Waals surface area contributed by atoms with Crippen molar-refractivity contribution in [2.75, 3.05) is 0 Å². The minimum Gasteiger partial charge on any atom is -0.309 e. The van der Waals surface area contributed by atoms with Gasteiger partial charge in [-0.15, -0.1) is 0 Å². The van der Waals surface area contributed by atoms with Crippen LogP contribution in [0.4, 0.5) is 0 Å². The molecule has 36 heavy (non-hydrogen) atoms. The van der Waals surface area contributed by atoms with Crippen molar-refractivity contribution in [3.8, 4) is 11.4 Å². The zero-order chi connectivity index (χ0) is 23.6. The minimum absolute atomic E-state index is 0.972. The number of fused-ring (bicyclic) bond motifs is 8. The normalized spacial score (nSPS) is 11.9. The third-order valence-corrected chi connectivity index (χ3v) is 7.33. The molecule has 8 rings (SSSR count). The molecule has 0 spiro atoms. The van der Waals surface area contributed by atoms with E-state index < -0.39 is 0 Å². The Morgan fingerprint density at radius 3 is 2.17 bits per heavy atom. The Labute approximate surface area is 207 Å². The highest BCUT2D eigenvalue weighted by Gasteiger charge is 2.21. The molecule has 8 aromatic rings. The molecule has 3 nitrogen and oxygen atoms in total. The van der Waals surface area contributed by atoms with E-state index in [1.165, 1.54) is 38.0 Å². The maximum absolute atomic E-state index is 4.89. The summed E-state index contributed by atoms with van der Waals surface area (Å²) in [6, 6.07) is 43.3. The third-order valence-electron chi connectivity index (χ3n) is 7.33. The van der Waals surface area contributed by atoms with Gasteiger partial charge in [0.25, 0.3) is 0 Å². The maximum Gasteiger partial charge on any atom is 0.145 e. The number of hydrogen-bond acceptors (Lipinski definition) is 1. The van der Waals surface area contributed by atoms with Gasteiger partial charge < -0.3 is 4.57 Å². The van der Waals surface area contributed by atoms with Gasteiger partial charge in [-0.2, -0.15) is 0 Å². The smallest absolute Gasteiger partial charge is 0.145 e. The molecule has 5 aromatic carbocycles. The van der Waals surface area contributed by atoms with Crippen LogP contribution in [0.2, 0.25) is 0 Å². The lowest BCUT2D eigenvalue weighted by atomic mass is 10.1. The largest absolute Gasteiger partial charge is 0.309 e. The third kappa shape index (κ3) is 2.60. The second kappa shape index (κ2) is 7.30. The van der Waals surface area contributed by atoms with Crippen molar-refractivity contribution in [3.05, 3.63) is 128 Å². The highest BCUT2D eigenvalue weighted by molar-refractivity contribution is 6.25. The molecule has 168 valence electrons. The van der Waals surface area contributed by atoms with Crippen molar-refractivity contribution in [3.63, 3.8) is 0 Å². The van der Waals surface area contributed by atoms with Crippen LogP contribution in [0, 0.1) is 0 Å². The van der Waals surface area contributed by atoms with Gasteiger partial charge in [-0.05, 0) is 59.3 Å². The summed E-state index contributed by atoms with van der Waals surface area (Å²) in [6.45, 7) is 0. The van der Waals surface area contributed by atoms with Gasteiger partial charge in [0, 0.05) is 39.1 Å². The first-order chi connectivity index (χ1) is 17.9. The van der Waals surface area contributed by atoms with E-state index in [1.807, 2.05) is 12.3 Å². The molecule has 0 unspecified atom stereocenters. The summed E-state index contributed by atoms with van der Waals surface area (Å²) in [7, 11) is 0. The van der Waals surface area contributed by atoms with Crippen molar-refractivity contribution < 1.29 is 0 Å². The van der Waals surface area contributed by atoms with Crippen molar-refractivity contribution in [1.29, 1.82) is 0 Å². The molecule has 0 aliphatic carbocycles. The number of nitrogens with zero attached hydrogens (tertiary/aromatic N) is 3. The predicted molar refractivity (Wildman–Crippen MR) is 150 cm³/mol. The summed E-state index contributed by atoms with van der Waals surface area (Å²) in [5.41, 5.74) is 6.84. The quantitative estimate of drug-likeness (QED) is 0.254. The standard InChI is InChI=1S/C33H21N3/c1-2-11-24(12-3-1)35-29-15-7-6-13-26(29)27-18-19-30-31(32(27)35)28-14-8-20-34-33(28)36(30)25-17-16-22-9-4-5-10-23(22)21-25/h1-21H. The number of hydrogen-bond donors (Lipinski definition) is 0. The van der Waals surface area contributed by atoms with E-state index in [2.05, 4.69) is 124 Å². The molecule has 0 N–H and O–H groups in total. The fourth-order valence-corrected chi connectivity index (χ4v) is 5.81. The fraction of sp³-hybridized carbons (Fsp3) is 0. The second-order valence-corrected chi connectivity index (χ2v) is 9.29. The van der Waals surface area contributed by atoms with Gasteiger partial charge in [0.2, 0.25) is 0 Å². The lowest BCUT2D eigenvalue weighted by Crippen LogP contribution is -1.96. The van der Waals surface area contributed by atoms with E-state index >= 15 is 0 Å². The zero-order valence-electron chi connectivity index (χ0n) is 19.5. The van der Waals surface area contributed by atoms with Gasteiger partial charge in [-0.1, -0.05) is 72.8 Å². The lowest BCUT2D eigenvalue weighted by Gasteiger charge is -2.10. The fourth-order valence-electron chi connectivity index (χ4n) is 5.81. The number of aromatic nitrogens is 3. The molecule has 0 atom stereocenters. The first-order valence-electron chi connectivity index (χ1n) is 12.2. The first-order valence-corrected chi connectivity index (χ1v) is 12.2. The van der Waals surface area contributed by atoms with Crippen LogP contribution in [-0.2, 0) is 0 Å². The molecule has 0 bridgehead atoms. The Morgan fingerprint density at radius 1 is 0.472 bits per heavy atom. The monoisotopic (exact) mass is 459 g/mol. The molecule has 3 aromatic heterocycles. The van der Waals surface area contributed by atoms with Crippen molar-refractivity contribution >= 4 is 54.5 Å². The van der Waals surface area contributed by atoms with Crippen LogP contribution in [0.3, 0.4) is 0 Å². The molecular formula is C33H21N3. The average molecular weight is 460 g/mol. The summed E-state index contributed by atoms with van der Waals surface area (Å²) in [5, 5.41) is 7.36. The molecule has 3 heteroatoms. The highest BCUT2D eigenvalue weighted by atomic mass is 15.1. The van der Waals surface area contributed by atoms with Gasteiger partial charge >= 0.3 is 0 Å². The second-order valence-electron chi connectivity index (χ2n) is 9.29. The minimum atomic E-state index is 0.972. The molecule has 0 aliphatic heterocycles. The molecular weight excluding hydrogens is 438 g/mol. The highest BCUT2D eigenvalue weighted by Crippen LogP contribution is 2.41. The Hall–Kier alpha value is -4.89. The molecule has 0 saturated carbocycles. The number of para-hydroxylation sites is 2. The van der Waals surface area contributed by atoms with Crippen LogP contribution in [0.1, 0.15) is 0 Å². The zero-order valence-corrected chi connectivity index (χ0v) is 19.5. The molecule has 0 aliphatic rings. The van der Waals surface area contributed by atoms with E-state index in [-0.39, 0.29) is 0 Å². The number of rotatable bonds is 2. The van der Waals surface area contributed by atoms with Gasteiger partial charge in [0.1, 0.15) is 5.65 Å². The Balaban J connectivity index is 1.59. The van der Waals surface area contributed by atoms with Crippen LogP contribution in [0.5, 0.6) is 0 Å². The van der Waals surface area contributed by atoms with Crippen LogP contribution >= 0.6 is 0 Å². The maximum atomic E-state index is 4.89. The summed E-state index contributed by atoms with van der Waals surface area (Å²) in [6.07, 6.45) is 1.89. The van der Waals surface area contributed by atoms with Gasteiger partial charge in [-0.3, -0.25) is 4.57 Å². The van der Waals surface area contributed by atoms with Crippen LogP contribution in [0.25, 0.3) is 65.9 Å². The molecule has 0 amide bonds. The summed E-state index contributed by atoms with van der Waals surface area (Å²) in [5.74, 6) is 0. The summed E-state index contributed by atoms with van der Waals surface area (Å²) in [4.78, 5) is 4.89. The average Bonchev–Trinajstić information content (AvgIpc) is 3.46. The SMILES string of the molecule is c1ccc(-n2c3ccccc3c3ccc4c(c5cccnc5n4-c4ccc5ccccc5c4)c32)cc1. The number of pyridine rings is 1. The molecule has 0 fully saturated rings. The van der Waals surface area contributed by atoms with Crippen molar-refractivity contribution in [2.24, 2.45) is 0 Å². The van der Waals surface area contributed by atoms with Crippen LogP contribution in [-0.4, -0.2) is 14.1 Å². The first kappa shape index (κ1) is 19.4. The summed E-state index contributed by atoms with van der Waals surface area (Å²) >= 11 is 0. The predicted octanol–water partition coefficient (Wildman–Crippen LogP) is 8.43. The van der Waals surface area contributed by atoms with E-state index in [0.717, 1.165) is 27.9 Å². The Kier molecular flexibility index (Phi) is 3.94. The molecule has 3 heterocycles. The lowest BCUT2D eigenvalue weighted by molar-refractivity contribution is 1.14. The van der Waals surface area contributed by atoms with Crippen molar-refractivity contribution in [1.82, 2.24) is 14.1 Å². The van der Waals surface area contributed by atoms with Crippen LogP contribution in [0.15, 0.2) is 128 Å². The van der Waals surface area contributed by atoms with Crippen LogP contribution < -0.4 is 0 Å². The van der Waals surface area contributed by atoms with Gasteiger partial charge in [0.05, 0.1) is 16.6 Å². The van der Waals surface area contributed by atoms with E-state index in [0.29, 0.717) is 0 Å². The number of benzene rings is 5. The van der Waals surface area contributed by atoms with E-state index in [4.69, 9.17) is 4.98 Å². The van der Waals surface area contributed by atoms with Gasteiger partial charge in [0.15, 0.2) is 0 Å². The Bertz CT molecular complexity index is 2100. The summed E-state index contributed by atoms with van der Waals surface area (Å²) < 4.78 is 4.72. The Morgan fingerprint density at radius 2 is 1.25 bits per heavy atom. The molecule has 0 saturated heterocycles. The topological polar surface area (TPSA) is 22.8 Å². The molecule has 0 radical (unpaired) electrons. The van der Waals surface area contributed by atoms with E-state index in [9.17, 15) is 0 Å². The van der Waals surface area contributed by atoms with E-state index in [1.54, 1.807) is 0 Å². The van der Waals surface area contributed by atoms with Crippen molar-refractivity contribution in [2.45, 2.75) is 0 Å².